The number of hydrogen-bond donors (Lipinski definition) is 1. The first kappa shape index (κ1) is 18.4. The molecule has 3 rings (SSSR count). The van der Waals surface area contributed by atoms with Crippen molar-refractivity contribution in [3.8, 4) is 0 Å². The Bertz CT molecular complexity index is 662. The van der Waals surface area contributed by atoms with Crippen LogP contribution in [0, 0.1) is 12.8 Å². The Morgan fingerprint density at radius 1 is 1.33 bits per heavy atom. The number of benzene rings is 1. The van der Waals surface area contributed by atoms with E-state index in [1.165, 1.54) is 5.56 Å². The highest BCUT2D eigenvalue weighted by Crippen LogP contribution is 2.32. The number of halogens is 1. The maximum absolute atomic E-state index is 12.5. The Balaban J connectivity index is 0.00000208. The lowest BCUT2D eigenvalue weighted by molar-refractivity contribution is -0.130. The Labute approximate surface area is 147 Å². The molecule has 1 aromatic carbocycles. The molecule has 1 aromatic heterocycles. The van der Waals surface area contributed by atoms with Crippen molar-refractivity contribution >= 4 is 18.3 Å². The lowest BCUT2D eigenvalue weighted by Crippen LogP contribution is -2.30. The molecule has 130 valence electrons. The van der Waals surface area contributed by atoms with Gasteiger partial charge in [-0.1, -0.05) is 35.5 Å². The first-order valence-corrected chi connectivity index (χ1v) is 7.99. The molecule has 1 aliphatic heterocycles. The molecule has 2 N–H and O–H groups in total. The largest absolute Gasteiger partial charge is 0.342 e. The summed E-state index contributed by atoms with van der Waals surface area (Å²) in [7, 11) is 0. The van der Waals surface area contributed by atoms with Crippen LogP contribution < -0.4 is 5.73 Å². The Hall–Kier alpha value is -1.92. The van der Waals surface area contributed by atoms with Crippen LogP contribution in [0.2, 0.25) is 0 Å². The van der Waals surface area contributed by atoms with E-state index in [-0.39, 0.29) is 18.3 Å². The third kappa shape index (κ3) is 4.13. The maximum Gasteiger partial charge on any atom is 0.227 e. The highest BCUT2D eigenvalue weighted by molar-refractivity contribution is 5.85. The van der Waals surface area contributed by atoms with Gasteiger partial charge in [0, 0.05) is 31.8 Å². The number of carbonyl (C=O) groups excluding carboxylic acids is 1. The van der Waals surface area contributed by atoms with E-state index in [0.717, 1.165) is 13.1 Å². The van der Waals surface area contributed by atoms with Gasteiger partial charge in [-0.05, 0) is 24.9 Å². The monoisotopic (exact) mass is 350 g/mol. The lowest BCUT2D eigenvalue weighted by atomic mass is 9.89. The third-order valence-electron chi connectivity index (χ3n) is 4.45. The molecular weight excluding hydrogens is 328 g/mol. The SMILES string of the molecule is Cc1noc(CCC(=O)N2C[C@@H](CN)[C@H](c3ccccc3)C2)n1.Cl. The molecule has 0 spiro atoms. The average Bonchev–Trinajstić information content (AvgIpc) is 3.19. The minimum atomic E-state index is 0. The Morgan fingerprint density at radius 2 is 2.08 bits per heavy atom. The van der Waals surface area contributed by atoms with Gasteiger partial charge >= 0.3 is 0 Å². The van der Waals surface area contributed by atoms with Crippen molar-refractivity contribution in [1.82, 2.24) is 15.0 Å². The molecule has 2 heterocycles. The standard InChI is InChI=1S/C17H22N4O2.ClH/c1-12-19-16(23-20-12)7-8-17(22)21-10-14(9-18)15(11-21)13-5-3-2-4-6-13;/h2-6,14-15H,7-11,18H2,1H3;1H/t14-,15+;/m1./s1. The van der Waals surface area contributed by atoms with E-state index in [1.807, 2.05) is 23.1 Å². The molecule has 1 fully saturated rings. The predicted octanol–water partition coefficient (Wildman–Crippen LogP) is 1.93. The van der Waals surface area contributed by atoms with Crippen LogP contribution >= 0.6 is 12.4 Å². The molecule has 24 heavy (non-hydrogen) atoms. The van der Waals surface area contributed by atoms with Crippen molar-refractivity contribution in [1.29, 1.82) is 0 Å². The normalized spacial score (nSPS) is 20.0. The number of amides is 1. The van der Waals surface area contributed by atoms with Gasteiger partial charge in [0.25, 0.3) is 0 Å². The number of carbonyl (C=O) groups is 1. The molecule has 2 atom stereocenters. The topological polar surface area (TPSA) is 85.2 Å². The smallest absolute Gasteiger partial charge is 0.227 e. The number of aromatic nitrogens is 2. The highest BCUT2D eigenvalue weighted by Gasteiger charge is 2.35. The second-order valence-electron chi connectivity index (χ2n) is 6.05. The van der Waals surface area contributed by atoms with Gasteiger partial charge in [-0.15, -0.1) is 12.4 Å². The molecule has 7 heteroatoms. The van der Waals surface area contributed by atoms with Crippen molar-refractivity contribution in [2.45, 2.75) is 25.7 Å². The summed E-state index contributed by atoms with van der Waals surface area (Å²) in [5.41, 5.74) is 7.18. The fourth-order valence-electron chi connectivity index (χ4n) is 3.21. The molecule has 2 aromatic rings. The van der Waals surface area contributed by atoms with Gasteiger partial charge in [0.05, 0.1) is 0 Å². The first-order valence-electron chi connectivity index (χ1n) is 7.99. The molecule has 1 aliphatic rings. The van der Waals surface area contributed by atoms with Gasteiger partial charge in [-0.3, -0.25) is 4.79 Å². The van der Waals surface area contributed by atoms with Crippen LogP contribution in [0.5, 0.6) is 0 Å². The van der Waals surface area contributed by atoms with Crippen LogP contribution in [-0.2, 0) is 11.2 Å². The summed E-state index contributed by atoms with van der Waals surface area (Å²) in [6, 6.07) is 10.3. The molecule has 0 aliphatic carbocycles. The third-order valence-corrected chi connectivity index (χ3v) is 4.45. The van der Waals surface area contributed by atoms with E-state index >= 15 is 0 Å². The van der Waals surface area contributed by atoms with Gasteiger partial charge in [0.15, 0.2) is 5.82 Å². The maximum atomic E-state index is 12.5. The van der Waals surface area contributed by atoms with Crippen LogP contribution in [0.1, 0.15) is 29.6 Å². The van der Waals surface area contributed by atoms with Crippen LogP contribution in [-0.4, -0.2) is 40.6 Å². The number of rotatable bonds is 5. The number of hydrogen-bond acceptors (Lipinski definition) is 5. The first-order chi connectivity index (χ1) is 11.2. The minimum Gasteiger partial charge on any atom is -0.342 e. The van der Waals surface area contributed by atoms with Crippen LogP contribution in [0.15, 0.2) is 34.9 Å². The van der Waals surface area contributed by atoms with Gasteiger partial charge < -0.3 is 15.2 Å². The van der Waals surface area contributed by atoms with Crippen molar-refractivity contribution in [2.24, 2.45) is 11.7 Å². The Kier molecular flexibility index (Phi) is 6.34. The van der Waals surface area contributed by atoms with Gasteiger partial charge in [0.1, 0.15) is 0 Å². The van der Waals surface area contributed by atoms with Crippen molar-refractivity contribution < 1.29 is 9.32 Å². The predicted molar refractivity (Wildman–Crippen MR) is 92.9 cm³/mol. The van der Waals surface area contributed by atoms with Gasteiger partial charge in [-0.2, -0.15) is 4.98 Å². The van der Waals surface area contributed by atoms with Gasteiger partial charge in [0.2, 0.25) is 11.8 Å². The number of nitrogens with zero attached hydrogens (tertiary/aromatic N) is 3. The molecule has 1 amide bonds. The van der Waals surface area contributed by atoms with E-state index in [0.29, 0.717) is 42.9 Å². The molecule has 0 saturated carbocycles. The summed E-state index contributed by atoms with van der Waals surface area (Å²) in [6.07, 6.45) is 0.875. The van der Waals surface area contributed by atoms with Crippen molar-refractivity contribution in [3.05, 3.63) is 47.6 Å². The van der Waals surface area contributed by atoms with E-state index in [2.05, 4.69) is 22.3 Å². The van der Waals surface area contributed by atoms with Crippen LogP contribution in [0.25, 0.3) is 0 Å². The zero-order valence-electron chi connectivity index (χ0n) is 13.7. The van der Waals surface area contributed by atoms with E-state index in [1.54, 1.807) is 6.92 Å². The molecule has 1 saturated heterocycles. The fourth-order valence-corrected chi connectivity index (χ4v) is 3.21. The van der Waals surface area contributed by atoms with Gasteiger partial charge in [-0.25, -0.2) is 0 Å². The number of aryl methyl sites for hydroxylation is 2. The zero-order valence-corrected chi connectivity index (χ0v) is 14.5. The quantitative estimate of drug-likeness (QED) is 0.890. The molecule has 0 radical (unpaired) electrons. The van der Waals surface area contributed by atoms with Crippen LogP contribution in [0.4, 0.5) is 0 Å². The average molecular weight is 351 g/mol. The Morgan fingerprint density at radius 3 is 2.71 bits per heavy atom. The van der Waals surface area contributed by atoms with E-state index < -0.39 is 0 Å². The molecule has 6 nitrogen and oxygen atoms in total. The summed E-state index contributed by atoms with van der Waals surface area (Å²) >= 11 is 0. The number of nitrogens with two attached hydrogens (primary N) is 1. The summed E-state index contributed by atoms with van der Waals surface area (Å²) < 4.78 is 5.06. The minimum absolute atomic E-state index is 0. The zero-order chi connectivity index (χ0) is 16.2. The molecular formula is C17H23ClN4O2. The summed E-state index contributed by atoms with van der Waals surface area (Å²) in [4.78, 5) is 18.5. The van der Waals surface area contributed by atoms with Crippen molar-refractivity contribution in [3.63, 3.8) is 0 Å². The van der Waals surface area contributed by atoms with Crippen molar-refractivity contribution in [2.75, 3.05) is 19.6 Å². The molecule has 0 bridgehead atoms. The lowest BCUT2D eigenvalue weighted by Gasteiger charge is -2.16. The summed E-state index contributed by atoms with van der Waals surface area (Å²) in [5.74, 6) is 1.87. The van der Waals surface area contributed by atoms with E-state index in [4.69, 9.17) is 10.3 Å². The second kappa shape index (κ2) is 8.26. The van der Waals surface area contributed by atoms with Crippen LogP contribution in [0.3, 0.4) is 0 Å². The fraction of sp³-hybridized carbons (Fsp3) is 0.471. The summed E-state index contributed by atoms with van der Waals surface area (Å²) in [6.45, 7) is 3.81. The number of likely N-dealkylation sites (tertiary alicyclic amines) is 1. The molecule has 0 unspecified atom stereocenters. The second-order valence-corrected chi connectivity index (χ2v) is 6.05. The van der Waals surface area contributed by atoms with E-state index in [9.17, 15) is 4.79 Å². The summed E-state index contributed by atoms with van der Waals surface area (Å²) in [5, 5.41) is 3.74. The highest BCUT2D eigenvalue weighted by atomic mass is 35.5.